The van der Waals surface area contributed by atoms with E-state index in [-0.39, 0.29) is 17.4 Å². The lowest BCUT2D eigenvalue weighted by atomic mass is 10.1. The zero-order valence-electron chi connectivity index (χ0n) is 25.7. The number of carbonyl (C=O) groups is 3. The number of anilines is 2. The van der Waals surface area contributed by atoms with Crippen molar-refractivity contribution in [2.45, 2.75) is 18.7 Å². The molecule has 4 aromatic carbocycles. The van der Waals surface area contributed by atoms with Gasteiger partial charge < -0.3 is 30.2 Å². The number of thioether (sulfide) groups is 1. The van der Waals surface area contributed by atoms with Crippen LogP contribution in [-0.4, -0.2) is 44.8 Å². The van der Waals surface area contributed by atoms with E-state index in [9.17, 15) is 14.4 Å². The first-order chi connectivity index (χ1) is 21.7. The van der Waals surface area contributed by atoms with Gasteiger partial charge in [0.2, 0.25) is 11.7 Å². The summed E-state index contributed by atoms with van der Waals surface area (Å²) in [5, 5.41) is 8.52. The van der Waals surface area contributed by atoms with Gasteiger partial charge in [-0.3, -0.25) is 14.4 Å². The molecule has 0 aliphatic rings. The second-order valence-corrected chi connectivity index (χ2v) is 10.9. The summed E-state index contributed by atoms with van der Waals surface area (Å²) in [6, 6.07) is 24.8. The quantitative estimate of drug-likeness (QED) is 0.122. The van der Waals surface area contributed by atoms with Crippen molar-refractivity contribution in [1.29, 1.82) is 0 Å². The van der Waals surface area contributed by atoms with Crippen molar-refractivity contribution in [3.05, 3.63) is 113 Å². The van der Waals surface area contributed by atoms with Gasteiger partial charge in [-0.2, -0.15) is 0 Å². The number of carbonyl (C=O) groups excluding carboxylic acids is 3. The van der Waals surface area contributed by atoms with E-state index in [4.69, 9.17) is 14.2 Å². The summed E-state index contributed by atoms with van der Waals surface area (Å²) >= 11 is 1.38. The Labute approximate surface area is 267 Å². The minimum Gasteiger partial charge on any atom is -0.493 e. The summed E-state index contributed by atoms with van der Waals surface area (Å²) in [6.07, 6.45) is 1.53. The monoisotopic (exact) mass is 625 g/mol. The first-order valence-electron chi connectivity index (χ1n) is 14.0. The number of aryl methyl sites for hydroxylation is 1. The van der Waals surface area contributed by atoms with E-state index in [2.05, 4.69) is 16.0 Å². The van der Waals surface area contributed by atoms with Crippen LogP contribution in [0.2, 0.25) is 0 Å². The van der Waals surface area contributed by atoms with Crippen LogP contribution in [0.1, 0.15) is 27.0 Å². The third-order valence-electron chi connectivity index (χ3n) is 6.89. The van der Waals surface area contributed by atoms with Crippen LogP contribution in [0.5, 0.6) is 17.2 Å². The standard InChI is InChI=1S/C35H35N3O6S/c1-22-10-9-13-28(23(22)2)37-32(39)21-45-27-16-14-26(15-17-27)36-35(41)29(38-34(40)25-11-7-6-8-12-25)18-24-19-30(42-3)33(44-5)31(20-24)43-4/h6-20H,21H2,1-5H3,(H,36,41)(H,37,39)(H,38,40)/b29-18-. The molecule has 10 heteroatoms. The minimum absolute atomic E-state index is 0.000286. The van der Waals surface area contributed by atoms with E-state index < -0.39 is 11.8 Å². The maximum atomic E-state index is 13.5. The smallest absolute Gasteiger partial charge is 0.272 e. The van der Waals surface area contributed by atoms with Crippen molar-refractivity contribution < 1.29 is 28.6 Å². The molecule has 0 aliphatic heterocycles. The number of methoxy groups -OCH3 is 3. The Kier molecular flexibility index (Phi) is 11.3. The van der Waals surface area contributed by atoms with Crippen LogP contribution in [0, 0.1) is 13.8 Å². The summed E-state index contributed by atoms with van der Waals surface area (Å²) < 4.78 is 16.3. The molecular weight excluding hydrogens is 590 g/mol. The number of benzene rings is 4. The minimum atomic E-state index is -0.540. The van der Waals surface area contributed by atoms with E-state index in [1.54, 1.807) is 54.6 Å². The van der Waals surface area contributed by atoms with Crippen LogP contribution < -0.4 is 30.2 Å². The molecule has 0 spiro atoms. The van der Waals surface area contributed by atoms with Gasteiger partial charge in [-0.15, -0.1) is 11.8 Å². The highest BCUT2D eigenvalue weighted by atomic mass is 32.2. The van der Waals surface area contributed by atoms with Crippen molar-refractivity contribution in [3.8, 4) is 17.2 Å². The molecule has 9 nitrogen and oxygen atoms in total. The molecule has 0 bridgehead atoms. The second-order valence-electron chi connectivity index (χ2n) is 9.90. The maximum Gasteiger partial charge on any atom is 0.272 e. The molecule has 4 rings (SSSR count). The van der Waals surface area contributed by atoms with Crippen molar-refractivity contribution in [2.75, 3.05) is 37.7 Å². The van der Waals surface area contributed by atoms with Gasteiger partial charge in [0.05, 0.1) is 27.1 Å². The molecule has 0 unspecified atom stereocenters. The summed E-state index contributed by atoms with van der Waals surface area (Å²) in [7, 11) is 4.49. The highest BCUT2D eigenvalue weighted by Crippen LogP contribution is 2.38. The van der Waals surface area contributed by atoms with Gasteiger partial charge in [-0.25, -0.2) is 0 Å². The van der Waals surface area contributed by atoms with Gasteiger partial charge in [0.25, 0.3) is 11.8 Å². The third-order valence-corrected chi connectivity index (χ3v) is 7.90. The number of ether oxygens (including phenoxy) is 3. The van der Waals surface area contributed by atoms with Gasteiger partial charge in [-0.1, -0.05) is 30.3 Å². The molecule has 0 heterocycles. The highest BCUT2D eigenvalue weighted by Gasteiger charge is 2.18. The first kappa shape index (κ1) is 32.7. The van der Waals surface area contributed by atoms with Crippen LogP contribution in [-0.2, 0) is 9.59 Å². The molecule has 45 heavy (non-hydrogen) atoms. The van der Waals surface area contributed by atoms with E-state index in [0.29, 0.717) is 34.1 Å². The van der Waals surface area contributed by atoms with E-state index in [1.807, 2.05) is 44.2 Å². The van der Waals surface area contributed by atoms with Crippen LogP contribution in [0.15, 0.2) is 95.5 Å². The summed E-state index contributed by atoms with van der Waals surface area (Å²) in [6.45, 7) is 3.98. The molecule has 3 N–H and O–H groups in total. The SMILES string of the molecule is COc1cc(/C=C(\NC(=O)c2ccccc2)C(=O)Nc2ccc(SCC(=O)Nc3cccc(C)c3C)cc2)cc(OC)c1OC. The zero-order chi connectivity index (χ0) is 32.3. The van der Waals surface area contributed by atoms with Crippen LogP contribution in [0.3, 0.4) is 0 Å². The van der Waals surface area contributed by atoms with E-state index in [1.165, 1.54) is 39.2 Å². The van der Waals surface area contributed by atoms with E-state index >= 15 is 0 Å². The number of hydrogen-bond acceptors (Lipinski definition) is 7. The molecule has 232 valence electrons. The van der Waals surface area contributed by atoms with Crippen molar-refractivity contribution in [1.82, 2.24) is 5.32 Å². The molecule has 3 amide bonds. The maximum absolute atomic E-state index is 13.5. The summed E-state index contributed by atoms with van der Waals surface area (Å²) in [5.41, 5.74) is 4.38. The number of hydrogen-bond donors (Lipinski definition) is 3. The van der Waals surface area contributed by atoms with Crippen molar-refractivity contribution in [2.24, 2.45) is 0 Å². The molecule has 0 aromatic heterocycles. The van der Waals surface area contributed by atoms with Crippen LogP contribution in [0.4, 0.5) is 11.4 Å². The average molecular weight is 626 g/mol. The zero-order valence-corrected chi connectivity index (χ0v) is 26.5. The highest BCUT2D eigenvalue weighted by molar-refractivity contribution is 8.00. The molecular formula is C35H35N3O6S. The fraction of sp³-hybridized carbons (Fsp3) is 0.171. The van der Waals surface area contributed by atoms with Crippen molar-refractivity contribution in [3.63, 3.8) is 0 Å². The lowest BCUT2D eigenvalue weighted by Gasteiger charge is -2.15. The van der Waals surface area contributed by atoms with Crippen LogP contribution >= 0.6 is 11.8 Å². The summed E-state index contributed by atoms with van der Waals surface area (Å²) in [5.74, 6) is 0.323. The van der Waals surface area contributed by atoms with E-state index in [0.717, 1.165) is 21.7 Å². The Morgan fingerprint density at radius 2 is 1.44 bits per heavy atom. The largest absolute Gasteiger partial charge is 0.493 e. The molecule has 0 aliphatic carbocycles. The Morgan fingerprint density at radius 3 is 2.07 bits per heavy atom. The molecule has 0 radical (unpaired) electrons. The Balaban J connectivity index is 1.49. The lowest BCUT2D eigenvalue weighted by Crippen LogP contribution is -2.30. The third kappa shape index (κ3) is 8.67. The Morgan fingerprint density at radius 1 is 0.778 bits per heavy atom. The van der Waals surface area contributed by atoms with Crippen molar-refractivity contribution >= 4 is 46.9 Å². The lowest BCUT2D eigenvalue weighted by molar-refractivity contribution is -0.114. The Hall–Kier alpha value is -5.22. The predicted octanol–water partition coefficient (Wildman–Crippen LogP) is 6.47. The second kappa shape index (κ2) is 15.5. The molecule has 0 saturated heterocycles. The predicted molar refractivity (Wildman–Crippen MR) is 178 cm³/mol. The number of rotatable bonds is 12. The topological polar surface area (TPSA) is 115 Å². The van der Waals surface area contributed by atoms with Crippen LogP contribution in [0.25, 0.3) is 6.08 Å². The molecule has 0 fully saturated rings. The van der Waals surface area contributed by atoms with Gasteiger partial charge >= 0.3 is 0 Å². The van der Waals surface area contributed by atoms with Gasteiger partial charge in [0.15, 0.2) is 11.5 Å². The first-order valence-corrected chi connectivity index (χ1v) is 15.0. The average Bonchev–Trinajstić information content (AvgIpc) is 3.06. The molecule has 4 aromatic rings. The van der Waals surface area contributed by atoms with Gasteiger partial charge in [0.1, 0.15) is 5.70 Å². The molecule has 0 atom stereocenters. The number of nitrogens with one attached hydrogen (secondary N) is 3. The molecule has 0 saturated carbocycles. The fourth-order valence-corrected chi connectivity index (χ4v) is 5.05. The normalized spacial score (nSPS) is 10.9. The Bertz CT molecular complexity index is 1680. The van der Waals surface area contributed by atoms with Gasteiger partial charge in [0, 0.05) is 21.8 Å². The number of amides is 3. The summed E-state index contributed by atoms with van der Waals surface area (Å²) in [4.78, 5) is 39.9. The fourth-order valence-electron chi connectivity index (χ4n) is 4.35. The van der Waals surface area contributed by atoms with Gasteiger partial charge in [-0.05, 0) is 91.2 Å².